The number of benzene rings is 5. The van der Waals surface area contributed by atoms with Crippen molar-refractivity contribution < 1.29 is 18.0 Å². The number of thiophene rings is 1. The van der Waals surface area contributed by atoms with Crippen molar-refractivity contribution in [2.75, 3.05) is 34.1 Å². The Kier molecular flexibility index (Phi) is 10.5. The summed E-state index contributed by atoms with van der Waals surface area (Å²) < 4.78 is 41.8. The molecule has 8 N–H and O–H groups in total. The number of nitrogens with one attached hydrogen (secondary N) is 4. The van der Waals surface area contributed by atoms with Crippen molar-refractivity contribution in [2.24, 2.45) is 0 Å². The summed E-state index contributed by atoms with van der Waals surface area (Å²) in [4.78, 5) is 27.7. The number of nitrogen functional groups attached to an aromatic ring is 2. The second kappa shape index (κ2) is 15.1. The minimum atomic E-state index is -3.15. The van der Waals surface area contributed by atoms with Gasteiger partial charge in [-0.2, -0.15) is 0 Å². The lowest BCUT2D eigenvalue weighted by atomic mass is 10.0. The molecule has 0 bridgehead atoms. The molecule has 6 aromatic rings. The van der Waals surface area contributed by atoms with Crippen molar-refractivity contribution in [3.63, 3.8) is 0 Å². The Labute approximate surface area is 313 Å². The molecule has 0 radical (unpaired) electrons. The zero-order chi connectivity index (χ0) is 37.9. The van der Waals surface area contributed by atoms with Crippen LogP contribution < -0.4 is 22.1 Å². The van der Waals surface area contributed by atoms with Gasteiger partial charge in [-0.3, -0.25) is 9.59 Å². The van der Waals surface area contributed by atoms with Crippen LogP contribution in [0.4, 0.5) is 22.7 Å². The standard InChI is InChI=1S/C40H38N6O4S3/c1-25-21-38(51-24-25)31-12-18-35(42)37(23-31)46-40(48)29-9-15-33(16-10-29)53(44,50)20-19-26-3-5-27(6-4-26)30-11-17-34(41)36(22-30)45-39(47)28-7-13-32(14-8-28)52(2,43)49/h3-18,21-24,43-44H,19-20,41-42H2,1-2H3,(H,45,47)(H,46,48). The van der Waals surface area contributed by atoms with Crippen molar-refractivity contribution in [3.05, 3.63) is 143 Å². The molecular formula is C40H38N6O4S3. The first-order valence-corrected chi connectivity index (χ1v) is 21.0. The quantitative estimate of drug-likeness (QED) is 0.0715. The Morgan fingerprint density at radius 3 is 1.66 bits per heavy atom. The second-order valence-corrected chi connectivity index (χ2v) is 18.0. The molecule has 0 aliphatic carbocycles. The molecule has 270 valence electrons. The van der Waals surface area contributed by atoms with Gasteiger partial charge < -0.3 is 22.1 Å². The predicted molar refractivity (Wildman–Crippen MR) is 217 cm³/mol. The molecule has 13 heteroatoms. The summed E-state index contributed by atoms with van der Waals surface area (Å²) in [5.41, 5.74) is 19.5. The van der Waals surface area contributed by atoms with Gasteiger partial charge in [0.15, 0.2) is 0 Å². The van der Waals surface area contributed by atoms with E-state index in [-0.39, 0.29) is 11.7 Å². The minimum absolute atomic E-state index is 0.0968. The lowest BCUT2D eigenvalue weighted by Crippen LogP contribution is -2.14. The van der Waals surface area contributed by atoms with E-state index in [9.17, 15) is 18.0 Å². The molecule has 5 aromatic carbocycles. The van der Waals surface area contributed by atoms with Gasteiger partial charge in [0.05, 0.1) is 42.2 Å². The number of anilines is 4. The summed E-state index contributed by atoms with van der Waals surface area (Å²) in [7, 11) is -6.03. The summed E-state index contributed by atoms with van der Waals surface area (Å²) in [6, 6.07) is 32.9. The van der Waals surface area contributed by atoms with Crippen LogP contribution in [0.5, 0.6) is 0 Å². The SMILES string of the molecule is Cc1csc(-c2ccc(N)c(NC(=O)c3ccc(S(=N)(=O)CCc4ccc(-c5ccc(N)c(NC(=O)c6ccc(S(C)(=N)=O)cc6)c5)cc4)cc3)c2)c1. The number of amides is 2. The molecule has 0 saturated heterocycles. The average molecular weight is 763 g/mol. The van der Waals surface area contributed by atoms with E-state index in [1.807, 2.05) is 49.4 Å². The van der Waals surface area contributed by atoms with E-state index in [4.69, 9.17) is 21.0 Å². The van der Waals surface area contributed by atoms with Crippen molar-refractivity contribution in [2.45, 2.75) is 23.1 Å². The molecule has 53 heavy (non-hydrogen) atoms. The molecule has 0 aliphatic rings. The average Bonchev–Trinajstić information content (AvgIpc) is 3.58. The molecule has 2 atom stereocenters. The van der Waals surface area contributed by atoms with Crippen molar-refractivity contribution in [3.8, 4) is 21.6 Å². The third-order valence-electron chi connectivity index (χ3n) is 8.65. The molecule has 0 aliphatic heterocycles. The van der Waals surface area contributed by atoms with E-state index in [1.54, 1.807) is 53.8 Å². The lowest BCUT2D eigenvalue weighted by Gasteiger charge is -2.12. The van der Waals surface area contributed by atoms with Crippen LogP contribution in [0.3, 0.4) is 0 Å². The van der Waals surface area contributed by atoms with Crippen LogP contribution in [0.1, 0.15) is 31.8 Å². The molecule has 0 spiro atoms. The molecule has 1 aromatic heterocycles. The highest BCUT2D eigenvalue weighted by Crippen LogP contribution is 2.32. The van der Waals surface area contributed by atoms with Gasteiger partial charge in [-0.25, -0.2) is 18.0 Å². The molecule has 0 saturated carbocycles. The minimum Gasteiger partial charge on any atom is -0.397 e. The van der Waals surface area contributed by atoms with E-state index in [2.05, 4.69) is 22.1 Å². The van der Waals surface area contributed by atoms with Crippen LogP contribution in [0.2, 0.25) is 0 Å². The summed E-state index contributed by atoms with van der Waals surface area (Å²) in [5, 5.41) is 7.77. The maximum Gasteiger partial charge on any atom is 0.255 e. The molecule has 10 nitrogen and oxygen atoms in total. The molecular weight excluding hydrogens is 725 g/mol. The first-order valence-electron chi connectivity index (χ1n) is 16.4. The van der Waals surface area contributed by atoms with Gasteiger partial charge in [-0.05, 0) is 125 Å². The predicted octanol–water partition coefficient (Wildman–Crippen LogP) is 8.74. The van der Waals surface area contributed by atoms with Gasteiger partial charge in [0.1, 0.15) is 0 Å². The zero-order valence-electron chi connectivity index (χ0n) is 29.0. The third kappa shape index (κ3) is 8.83. The van der Waals surface area contributed by atoms with Crippen LogP contribution in [0.15, 0.2) is 130 Å². The van der Waals surface area contributed by atoms with E-state index in [1.165, 1.54) is 30.5 Å². The molecule has 2 amide bonds. The lowest BCUT2D eigenvalue weighted by molar-refractivity contribution is 0.101. The fourth-order valence-corrected chi connectivity index (χ4v) is 8.46. The van der Waals surface area contributed by atoms with Crippen molar-refractivity contribution in [1.29, 1.82) is 9.56 Å². The monoisotopic (exact) mass is 762 g/mol. The zero-order valence-corrected chi connectivity index (χ0v) is 31.4. The van der Waals surface area contributed by atoms with Crippen LogP contribution >= 0.6 is 11.3 Å². The Morgan fingerprint density at radius 1 is 0.660 bits per heavy atom. The Bertz CT molecular complexity index is 2550. The molecule has 6 rings (SSSR count). The third-order valence-corrected chi connectivity index (χ3v) is 12.7. The number of hydrogen-bond donors (Lipinski definition) is 6. The van der Waals surface area contributed by atoms with Gasteiger partial charge >= 0.3 is 0 Å². The smallest absolute Gasteiger partial charge is 0.255 e. The first kappa shape index (κ1) is 37.0. The van der Waals surface area contributed by atoms with Crippen LogP contribution in [-0.2, 0) is 25.9 Å². The summed E-state index contributed by atoms with van der Waals surface area (Å²) in [6.07, 6.45) is 1.73. The fraction of sp³-hybridized carbons (Fsp3) is 0.100. The topological polar surface area (TPSA) is 192 Å². The maximum atomic E-state index is 13.4. The first-order chi connectivity index (χ1) is 25.2. The van der Waals surface area contributed by atoms with Crippen molar-refractivity contribution in [1.82, 2.24) is 0 Å². The highest BCUT2D eigenvalue weighted by atomic mass is 32.2. The number of rotatable bonds is 11. The van der Waals surface area contributed by atoms with Crippen molar-refractivity contribution >= 4 is 65.4 Å². The number of aryl methyl sites for hydroxylation is 2. The largest absolute Gasteiger partial charge is 0.397 e. The Morgan fingerprint density at radius 2 is 1.15 bits per heavy atom. The Balaban J connectivity index is 1.07. The Hall–Kier alpha value is -5.76. The number of carbonyl (C=O) groups is 2. The summed E-state index contributed by atoms with van der Waals surface area (Å²) >= 11 is 1.62. The van der Waals surface area contributed by atoms with Gasteiger partial charge in [-0.15, -0.1) is 11.3 Å². The van der Waals surface area contributed by atoms with Gasteiger partial charge in [0, 0.05) is 37.8 Å². The number of hydrogen-bond acceptors (Lipinski definition) is 9. The fourth-order valence-electron chi connectivity index (χ4n) is 5.57. The van der Waals surface area contributed by atoms with Gasteiger partial charge in [0.2, 0.25) is 0 Å². The number of nitrogens with two attached hydrogens (primary N) is 2. The van der Waals surface area contributed by atoms with E-state index in [0.717, 1.165) is 32.7 Å². The summed E-state index contributed by atoms with van der Waals surface area (Å²) in [5.74, 6) is -0.656. The van der Waals surface area contributed by atoms with Gasteiger partial charge in [-0.1, -0.05) is 36.4 Å². The normalized spacial score (nSPS) is 13.4. The van der Waals surface area contributed by atoms with Crippen LogP contribution in [-0.4, -0.2) is 32.2 Å². The number of carbonyl (C=O) groups excluding carboxylic acids is 2. The maximum absolute atomic E-state index is 13.4. The summed E-state index contributed by atoms with van der Waals surface area (Å²) in [6.45, 7) is 2.03. The highest BCUT2D eigenvalue weighted by Gasteiger charge is 2.15. The molecule has 2 unspecified atom stereocenters. The van der Waals surface area contributed by atoms with E-state index >= 15 is 0 Å². The molecule has 1 heterocycles. The van der Waals surface area contributed by atoms with Crippen LogP contribution in [0.25, 0.3) is 21.6 Å². The van der Waals surface area contributed by atoms with E-state index < -0.39 is 25.4 Å². The van der Waals surface area contributed by atoms with Gasteiger partial charge in [0.25, 0.3) is 11.8 Å². The molecule has 0 fully saturated rings. The van der Waals surface area contributed by atoms with Crippen LogP contribution in [0, 0.1) is 16.5 Å². The van der Waals surface area contributed by atoms with E-state index in [0.29, 0.717) is 50.1 Å². The second-order valence-electron chi connectivity index (χ2n) is 12.7. The highest BCUT2D eigenvalue weighted by molar-refractivity contribution is 7.92.